The van der Waals surface area contributed by atoms with E-state index in [4.69, 9.17) is 4.74 Å². The number of guanidine groups is 1. The van der Waals surface area contributed by atoms with E-state index in [0.29, 0.717) is 12.6 Å². The maximum atomic E-state index is 5.62. The Morgan fingerprint density at radius 1 is 1.09 bits per heavy atom. The Labute approximate surface area is 191 Å². The summed E-state index contributed by atoms with van der Waals surface area (Å²) in [5, 5.41) is 7.04. The zero-order valence-electron chi connectivity index (χ0n) is 19.3. The highest BCUT2D eigenvalue weighted by molar-refractivity contribution is 5.79. The number of hydrogen-bond donors (Lipinski definition) is 2. The SMILES string of the molecule is CN=C(NCc1ccc(N2CCOC(C)C2)nc1)NC1CCN(Cc2ccccc2)CC1. The summed E-state index contributed by atoms with van der Waals surface area (Å²) in [7, 11) is 1.83. The van der Waals surface area contributed by atoms with Crippen molar-refractivity contribution in [1.82, 2.24) is 20.5 Å². The molecule has 1 aromatic carbocycles. The second-order valence-corrected chi connectivity index (χ2v) is 8.76. The first-order chi connectivity index (χ1) is 15.7. The van der Waals surface area contributed by atoms with Gasteiger partial charge < -0.3 is 20.3 Å². The average molecular weight is 437 g/mol. The van der Waals surface area contributed by atoms with Gasteiger partial charge in [-0.1, -0.05) is 36.4 Å². The lowest BCUT2D eigenvalue weighted by molar-refractivity contribution is 0.0529. The lowest BCUT2D eigenvalue weighted by Crippen LogP contribution is -2.48. The van der Waals surface area contributed by atoms with E-state index in [2.05, 4.69) is 79.8 Å². The third kappa shape index (κ3) is 6.43. The summed E-state index contributed by atoms with van der Waals surface area (Å²) in [6.45, 7) is 8.62. The second kappa shape index (κ2) is 11.3. The van der Waals surface area contributed by atoms with Gasteiger partial charge in [-0.25, -0.2) is 4.98 Å². The second-order valence-electron chi connectivity index (χ2n) is 8.76. The van der Waals surface area contributed by atoms with Crippen LogP contribution < -0.4 is 15.5 Å². The monoisotopic (exact) mass is 436 g/mol. The van der Waals surface area contributed by atoms with E-state index >= 15 is 0 Å². The molecule has 0 aliphatic carbocycles. The summed E-state index contributed by atoms with van der Waals surface area (Å²) in [6, 6.07) is 15.4. The fraction of sp³-hybridized carbons (Fsp3) is 0.520. The van der Waals surface area contributed by atoms with Crippen molar-refractivity contribution >= 4 is 11.8 Å². The molecule has 0 radical (unpaired) electrons. The van der Waals surface area contributed by atoms with E-state index in [0.717, 1.165) is 69.5 Å². The zero-order chi connectivity index (χ0) is 22.2. The van der Waals surface area contributed by atoms with Gasteiger partial charge in [-0.2, -0.15) is 0 Å². The van der Waals surface area contributed by atoms with Crippen molar-refractivity contribution in [2.45, 2.75) is 45.0 Å². The van der Waals surface area contributed by atoms with Crippen LogP contribution >= 0.6 is 0 Å². The minimum atomic E-state index is 0.256. The Kier molecular flexibility index (Phi) is 7.96. The summed E-state index contributed by atoms with van der Waals surface area (Å²) >= 11 is 0. The van der Waals surface area contributed by atoms with Crippen molar-refractivity contribution in [1.29, 1.82) is 0 Å². The zero-order valence-corrected chi connectivity index (χ0v) is 19.3. The molecule has 0 spiro atoms. The molecule has 2 aliphatic heterocycles. The molecular weight excluding hydrogens is 400 g/mol. The van der Waals surface area contributed by atoms with Crippen molar-refractivity contribution in [3.05, 3.63) is 59.8 Å². The van der Waals surface area contributed by atoms with Gasteiger partial charge in [0.05, 0.1) is 12.7 Å². The number of rotatable bonds is 6. The van der Waals surface area contributed by atoms with Gasteiger partial charge in [0.1, 0.15) is 5.82 Å². The molecule has 2 saturated heterocycles. The number of likely N-dealkylation sites (tertiary alicyclic amines) is 1. The molecule has 2 aromatic rings. The van der Waals surface area contributed by atoms with Gasteiger partial charge in [0.15, 0.2) is 5.96 Å². The van der Waals surface area contributed by atoms with E-state index in [-0.39, 0.29) is 6.10 Å². The molecule has 1 unspecified atom stereocenters. The van der Waals surface area contributed by atoms with Gasteiger partial charge in [-0.15, -0.1) is 0 Å². The van der Waals surface area contributed by atoms with Gasteiger partial charge >= 0.3 is 0 Å². The van der Waals surface area contributed by atoms with Crippen molar-refractivity contribution in [2.24, 2.45) is 4.99 Å². The van der Waals surface area contributed by atoms with E-state index in [9.17, 15) is 0 Å². The maximum Gasteiger partial charge on any atom is 0.191 e. The molecule has 2 aliphatic rings. The Morgan fingerprint density at radius 2 is 1.91 bits per heavy atom. The third-order valence-corrected chi connectivity index (χ3v) is 6.24. The molecule has 3 heterocycles. The number of pyridine rings is 1. The molecule has 4 rings (SSSR count). The number of nitrogens with zero attached hydrogens (tertiary/aromatic N) is 4. The molecule has 7 heteroatoms. The topological polar surface area (TPSA) is 65.0 Å². The molecular formula is C25H36N6O. The summed E-state index contributed by atoms with van der Waals surface area (Å²) in [5.41, 5.74) is 2.54. The molecule has 2 N–H and O–H groups in total. The van der Waals surface area contributed by atoms with Crippen LogP contribution in [0.15, 0.2) is 53.7 Å². The molecule has 32 heavy (non-hydrogen) atoms. The van der Waals surface area contributed by atoms with E-state index in [1.54, 1.807) is 0 Å². The molecule has 172 valence electrons. The first-order valence-electron chi connectivity index (χ1n) is 11.7. The smallest absolute Gasteiger partial charge is 0.191 e. The number of piperidine rings is 1. The number of morpholine rings is 1. The lowest BCUT2D eigenvalue weighted by Gasteiger charge is -2.33. The molecule has 0 saturated carbocycles. The number of aliphatic imine (C=N–C) groups is 1. The van der Waals surface area contributed by atoms with Crippen LogP contribution in [0.5, 0.6) is 0 Å². The molecule has 7 nitrogen and oxygen atoms in total. The number of ether oxygens (including phenoxy) is 1. The predicted octanol–water partition coefficient (Wildman–Crippen LogP) is 2.64. The molecule has 1 atom stereocenters. The molecule has 2 fully saturated rings. The minimum Gasteiger partial charge on any atom is -0.375 e. The highest BCUT2D eigenvalue weighted by Crippen LogP contribution is 2.16. The Morgan fingerprint density at radius 3 is 2.59 bits per heavy atom. The number of hydrogen-bond acceptors (Lipinski definition) is 5. The minimum absolute atomic E-state index is 0.256. The van der Waals surface area contributed by atoms with E-state index < -0.39 is 0 Å². The fourth-order valence-corrected chi connectivity index (χ4v) is 4.39. The van der Waals surface area contributed by atoms with Crippen molar-refractivity contribution in [2.75, 3.05) is 44.7 Å². The lowest BCUT2D eigenvalue weighted by atomic mass is 10.0. The quantitative estimate of drug-likeness (QED) is 0.536. The van der Waals surface area contributed by atoms with Crippen molar-refractivity contribution in [3.8, 4) is 0 Å². The van der Waals surface area contributed by atoms with Crippen LogP contribution in [0.1, 0.15) is 30.9 Å². The Hall–Kier alpha value is -2.64. The predicted molar refractivity (Wildman–Crippen MR) is 130 cm³/mol. The number of benzene rings is 1. The van der Waals surface area contributed by atoms with Crippen LogP contribution in [0.2, 0.25) is 0 Å². The summed E-state index contributed by atoms with van der Waals surface area (Å²) < 4.78 is 5.62. The molecule has 0 amide bonds. The van der Waals surface area contributed by atoms with Crippen molar-refractivity contribution in [3.63, 3.8) is 0 Å². The first-order valence-corrected chi connectivity index (χ1v) is 11.7. The van der Waals surface area contributed by atoms with Crippen LogP contribution in [-0.2, 0) is 17.8 Å². The van der Waals surface area contributed by atoms with Gasteiger partial charge in [-0.05, 0) is 37.0 Å². The molecule has 1 aromatic heterocycles. The Bertz CT molecular complexity index is 848. The average Bonchev–Trinajstić information content (AvgIpc) is 2.84. The van der Waals surface area contributed by atoms with Crippen LogP contribution in [0.25, 0.3) is 0 Å². The number of aromatic nitrogens is 1. The van der Waals surface area contributed by atoms with Crippen LogP contribution in [-0.4, -0.2) is 67.8 Å². The van der Waals surface area contributed by atoms with Gasteiger partial charge in [0.25, 0.3) is 0 Å². The number of nitrogens with one attached hydrogen (secondary N) is 2. The van der Waals surface area contributed by atoms with Crippen LogP contribution in [0, 0.1) is 0 Å². The fourth-order valence-electron chi connectivity index (χ4n) is 4.39. The highest BCUT2D eigenvalue weighted by Gasteiger charge is 2.20. The number of anilines is 1. The standard InChI is InChI=1S/C25H36N6O/c1-20-18-31(14-15-32-20)24-9-8-22(16-27-24)17-28-25(26-2)29-23-10-12-30(13-11-23)19-21-6-4-3-5-7-21/h3-9,16,20,23H,10-15,17-19H2,1-2H3,(H2,26,28,29). The van der Waals surface area contributed by atoms with Crippen molar-refractivity contribution < 1.29 is 4.74 Å². The van der Waals surface area contributed by atoms with Crippen LogP contribution in [0.4, 0.5) is 5.82 Å². The molecule has 0 bridgehead atoms. The highest BCUT2D eigenvalue weighted by atomic mass is 16.5. The van der Waals surface area contributed by atoms with E-state index in [1.165, 1.54) is 5.56 Å². The van der Waals surface area contributed by atoms with Gasteiger partial charge in [0.2, 0.25) is 0 Å². The van der Waals surface area contributed by atoms with E-state index in [1.807, 2.05) is 13.2 Å². The summed E-state index contributed by atoms with van der Waals surface area (Å²) in [6.07, 6.45) is 4.47. The summed E-state index contributed by atoms with van der Waals surface area (Å²) in [4.78, 5) is 13.9. The van der Waals surface area contributed by atoms with Crippen LogP contribution in [0.3, 0.4) is 0 Å². The van der Waals surface area contributed by atoms with Gasteiger partial charge in [0, 0.05) is 58.6 Å². The first kappa shape index (κ1) is 22.6. The largest absolute Gasteiger partial charge is 0.375 e. The maximum absolute atomic E-state index is 5.62. The summed E-state index contributed by atoms with van der Waals surface area (Å²) in [5.74, 6) is 1.88. The van der Waals surface area contributed by atoms with Gasteiger partial charge in [-0.3, -0.25) is 9.89 Å². The third-order valence-electron chi connectivity index (χ3n) is 6.24. The Balaban J connectivity index is 1.20. The normalized spacial score (nSPS) is 20.9.